The number of nitrogens with zero attached hydrogens (tertiary/aromatic N) is 1. The van der Waals surface area contributed by atoms with E-state index in [1.165, 1.54) is 6.07 Å². The number of halogens is 6. The molecule has 1 aromatic heterocycles. The molecule has 6 nitrogen and oxygen atoms in total. The number of rotatable bonds is 5. The van der Waals surface area contributed by atoms with E-state index in [1.807, 2.05) is 5.10 Å². The third kappa shape index (κ3) is 5.39. The quantitative estimate of drug-likeness (QED) is 0.564. The van der Waals surface area contributed by atoms with Gasteiger partial charge in [-0.15, -0.1) is 17.5 Å². The summed E-state index contributed by atoms with van der Waals surface area (Å²) >= 11 is 0. The molecule has 2 aromatic rings. The van der Waals surface area contributed by atoms with Crippen LogP contribution in [-0.4, -0.2) is 29.3 Å². The number of hydrogen-bond donors (Lipinski definition) is 3. The molecule has 1 aliphatic rings. The third-order valence-corrected chi connectivity index (χ3v) is 5.65. The summed E-state index contributed by atoms with van der Waals surface area (Å²) in [5.74, 6) is -1.32. The third-order valence-electron chi connectivity index (χ3n) is 4.52. The molecule has 0 bridgehead atoms. The molecule has 1 fully saturated rings. The molecule has 1 aliphatic heterocycles. The summed E-state index contributed by atoms with van der Waals surface area (Å²) in [6.07, 6.45) is 1.63. The predicted octanol–water partition coefficient (Wildman–Crippen LogP) is 4.91. The number of aromatic nitrogens is 2. The SMILES string of the molecule is C[C@H](Nc1cc(-c2n[nH]c(=O)o2)cc(S(F)(F)(F)(F)F)c1)C1CCNCC1.Cl. The molecule has 0 saturated carbocycles. The van der Waals surface area contributed by atoms with Gasteiger partial charge in [0, 0.05) is 17.3 Å². The van der Waals surface area contributed by atoms with Crippen LogP contribution in [0.3, 0.4) is 0 Å². The van der Waals surface area contributed by atoms with Crippen molar-refractivity contribution in [2.45, 2.75) is 30.7 Å². The number of piperidine rings is 1. The van der Waals surface area contributed by atoms with E-state index in [4.69, 9.17) is 0 Å². The minimum absolute atomic E-state index is 0. The molecular weight excluding hydrogens is 431 g/mol. The molecule has 0 spiro atoms. The Kier molecular flexibility index (Phi) is 5.56. The van der Waals surface area contributed by atoms with E-state index in [0.717, 1.165) is 25.9 Å². The summed E-state index contributed by atoms with van der Waals surface area (Å²) in [4.78, 5) is 9.00. The van der Waals surface area contributed by atoms with Crippen LogP contribution in [0.15, 0.2) is 32.3 Å². The average Bonchev–Trinajstić information content (AvgIpc) is 3.00. The van der Waals surface area contributed by atoms with Gasteiger partial charge in [-0.3, -0.25) is 0 Å². The van der Waals surface area contributed by atoms with Gasteiger partial charge >= 0.3 is 16.0 Å². The minimum Gasteiger partial charge on any atom is -0.388 e. The van der Waals surface area contributed by atoms with Crippen LogP contribution >= 0.6 is 22.6 Å². The standard InChI is InChI=1S/C15H19F5N4O2S.ClH/c1-9(10-2-4-21-5-3-10)22-12-6-11(14-23-24-15(25)26-14)7-13(8-12)27(16,17,18,19)20;/h6-10,21-22H,2-5H2,1H3,(H,24,25);1H/t9-;/m0./s1. The Balaban J connectivity index is 0.00000280. The Morgan fingerprint density at radius 3 is 2.36 bits per heavy atom. The molecule has 0 amide bonds. The lowest BCUT2D eigenvalue weighted by Crippen LogP contribution is -2.36. The molecule has 3 rings (SSSR count). The van der Waals surface area contributed by atoms with Gasteiger partial charge in [-0.1, -0.05) is 19.4 Å². The lowest BCUT2D eigenvalue weighted by Gasteiger charge is -2.41. The Bertz CT molecular complexity index is 896. The van der Waals surface area contributed by atoms with Crippen LogP contribution in [0.4, 0.5) is 25.1 Å². The van der Waals surface area contributed by atoms with Gasteiger partial charge in [-0.05, 0) is 57.0 Å². The van der Waals surface area contributed by atoms with Crippen LogP contribution in [0, 0.1) is 5.92 Å². The summed E-state index contributed by atoms with van der Waals surface area (Å²) in [7, 11) is -9.94. The Morgan fingerprint density at radius 1 is 1.18 bits per heavy atom. The van der Waals surface area contributed by atoms with Gasteiger partial charge in [0.25, 0.3) is 0 Å². The fraction of sp³-hybridized carbons (Fsp3) is 0.467. The molecule has 1 aromatic carbocycles. The lowest BCUT2D eigenvalue weighted by molar-refractivity contribution is 0.343. The van der Waals surface area contributed by atoms with Crippen LogP contribution in [-0.2, 0) is 0 Å². The molecule has 1 saturated heterocycles. The highest BCUT2D eigenvalue weighted by atomic mass is 35.5. The van der Waals surface area contributed by atoms with Gasteiger partial charge in [0.2, 0.25) is 5.89 Å². The molecule has 0 radical (unpaired) electrons. The van der Waals surface area contributed by atoms with E-state index in [9.17, 15) is 24.2 Å². The number of hydrogen-bond acceptors (Lipinski definition) is 5. The normalized spacial score (nSPS) is 19.2. The van der Waals surface area contributed by atoms with Gasteiger partial charge in [0.15, 0.2) is 0 Å². The van der Waals surface area contributed by atoms with E-state index in [2.05, 4.69) is 20.1 Å². The summed E-state index contributed by atoms with van der Waals surface area (Å²) in [5.41, 5.74) is -0.522. The Morgan fingerprint density at radius 2 is 1.82 bits per heavy atom. The summed E-state index contributed by atoms with van der Waals surface area (Å²) < 4.78 is 71.4. The van der Waals surface area contributed by atoms with Crippen molar-refractivity contribution >= 4 is 28.3 Å². The first kappa shape index (κ1) is 22.5. The van der Waals surface area contributed by atoms with Gasteiger partial charge in [0.05, 0.1) is 0 Å². The van der Waals surface area contributed by atoms with Crippen molar-refractivity contribution in [3.63, 3.8) is 0 Å². The molecule has 28 heavy (non-hydrogen) atoms. The average molecular weight is 451 g/mol. The van der Waals surface area contributed by atoms with E-state index in [0.29, 0.717) is 6.07 Å². The van der Waals surface area contributed by atoms with Crippen LogP contribution in [0.5, 0.6) is 0 Å². The fourth-order valence-corrected chi connectivity index (χ4v) is 3.81. The summed E-state index contributed by atoms with van der Waals surface area (Å²) in [5, 5.41) is 11.4. The van der Waals surface area contributed by atoms with E-state index in [-0.39, 0.29) is 41.7 Å². The van der Waals surface area contributed by atoms with E-state index in [1.54, 1.807) is 6.92 Å². The van der Waals surface area contributed by atoms with Gasteiger partial charge in [-0.2, -0.15) is 0 Å². The molecule has 0 aliphatic carbocycles. The van der Waals surface area contributed by atoms with Crippen molar-refractivity contribution in [2.24, 2.45) is 5.92 Å². The number of aromatic amines is 1. The second kappa shape index (κ2) is 6.92. The zero-order valence-corrected chi connectivity index (χ0v) is 16.3. The zero-order chi connectivity index (χ0) is 19.9. The highest BCUT2D eigenvalue weighted by molar-refractivity contribution is 8.45. The smallest absolute Gasteiger partial charge is 0.388 e. The maximum atomic E-state index is 13.4. The van der Waals surface area contributed by atoms with Crippen LogP contribution in [0.2, 0.25) is 0 Å². The predicted molar refractivity (Wildman–Crippen MR) is 99.9 cm³/mol. The number of H-pyrrole nitrogens is 1. The first-order valence-corrected chi connectivity index (χ1v) is 10.2. The summed E-state index contributed by atoms with van der Waals surface area (Å²) in [6.45, 7) is 3.36. The minimum atomic E-state index is -9.94. The maximum Gasteiger partial charge on any atom is 0.434 e. The largest absolute Gasteiger partial charge is 0.434 e. The molecule has 1 atom stereocenters. The molecule has 3 N–H and O–H groups in total. The highest BCUT2D eigenvalue weighted by Gasteiger charge is 2.65. The summed E-state index contributed by atoms with van der Waals surface area (Å²) in [6, 6.07) is 1.58. The number of benzene rings is 1. The second-order valence-corrected chi connectivity index (χ2v) is 9.06. The molecule has 2 heterocycles. The second-order valence-electron chi connectivity index (χ2n) is 6.65. The highest BCUT2D eigenvalue weighted by Crippen LogP contribution is 3.02. The van der Waals surface area contributed by atoms with Crippen molar-refractivity contribution in [3.05, 3.63) is 28.7 Å². The van der Waals surface area contributed by atoms with Crippen molar-refractivity contribution < 1.29 is 23.8 Å². The number of nitrogens with one attached hydrogen (secondary N) is 3. The molecule has 0 unspecified atom stereocenters. The first-order chi connectivity index (χ1) is 12.3. The van der Waals surface area contributed by atoms with Crippen molar-refractivity contribution in [1.29, 1.82) is 0 Å². The van der Waals surface area contributed by atoms with Gasteiger partial charge < -0.3 is 15.1 Å². The number of anilines is 1. The van der Waals surface area contributed by atoms with Gasteiger partial charge in [0.1, 0.15) is 4.90 Å². The first-order valence-electron chi connectivity index (χ1n) is 8.24. The lowest BCUT2D eigenvalue weighted by atomic mass is 9.91. The van der Waals surface area contributed by atoms with E-state index >= 15 is 0 Å². The Hall–Kier alpha value is -1.79. The van der Waals surface area contributed by atoms with Gasteiger partial charge in [-0.25, -0.2) is 9.89 Å². The maximum absolute atomic E-state index is 13.4. The fourth-order valence-electron chi connectivity index (χ4n) is 3.11. The monoisotopic (exact) mass is 450 g/mol. The van der Waals surface area contributed by atoms with Crippen molar-refractivity contribution in [3.8, 4) is 11.5 Å². The molecule has 13 heteroatoms. The van der Waals surface area contributed by atoms with Crippen molar-refractivity contribution in [2.75, 3.05) is 18.4 Å². The molecular formula is C15H20ClF5N4O2S. The topological polar surface area (TPSA) is 83.0 Å². The zero-order valence-electron chi connectivity index (χ0n) is 14.7. The van der Waals surface area contributed by atoms with E-state index < -0.39 is 26.8 Å². The van der Waals surface area contributed by atoms with Crippen molar-refractivity contribution in [1.82, 2.24) is 15.5 Å². The molecule has 160 valence electrons. The Labute approximate surface area is 163 Å². The van der Waals surface area contributed by atoms with Crippen LogP contribution in [0.25, 0.3) is 11.5 Å². The van der Waals surface area contributed by atoms with Crippen LogP contribution < -0.4 is 16.4 Å². The van der Waals surface area contributed by atoms with Crippen LogP contribution in [0.1, 0.15) is 19.8 Å².